The highest BCUT2D eigenvalue weighted by Crippen LogP contribution is 2.47. The van der Waals surface area contributed by atoms with Gasteiger partial charge in [-0.3, -0.25) is 4.55 Å². The molecule has 1 aliphatic carbocycles. The Hall–Kier alpha value is -1.62. The fourth-order valence-electron chi connectivity index (χ4n) is 2.68. The van der Waals surface area contributed by atoms with Crippen LogP contribution in [-0.2, 0) is 16.3 Å². The van der Waals surface area contributed by atoms with E-state index in [4.69, 9.17) is 16.2 Å². The molecule has 0 atom stereocenters. The fourth-order valence-corrected chi connectivity index (χ4v) is 3.33. The van der Waals surface area contributed by atoms with E-state index in [1.54, 1.807) is 0 Å². The van der Waals surface area contributed by atoms with Gasteiger partial charge in [0.1, 0.15) is 0 Å². The van der Waals surface area contributed by atoms with Crippen LogP contribution in [0.3, 0.4) is 0 Å². The van der Waals surface area contributed by atoms with Crippen LogP contribution in [0.5, 0.6) is 0 Å². The van der Waals surface area contributed by atoms with E-state index in [0.717, 1.165) is 5.02 Å². The maximum Gasteiger partial charge on any atom is 0.416 e. The third-order valence-corrected chi connectivity index (χ3v) is 5.07. The lowest BCUT2D eigenvalue weighted by Gasteiger charge is -2.23. The molecule has 0 aromatic heterocycles. The first kappa shape index (κ1) is 22.7. The smallest absolute Gasteiger partial charge is 0.282 e. The summed E-state index contributed by atoms with van der Waals surface area (Å²) in [5.74, 6) is 0. The van der Waals surface area contributed by atoms with Gasteiger partial charge in [-0.2, -0.15) is 21.6 Å². The number of fused-ring (bicyclic) bond motifs is 4. The van der Waals surface area contributed by atoms with Crippen molar-refractivity contribution in [2.75, 3.05) is 0 Å². The molecular formula is C19H13ClF3IO3S. The Morgan fingerprint density at radius 3 is 1.79 bits per heavy atom. The highest BCUT2D eigenvalue weighted by atomic mass is 127. The molecule has 1 N–H and O–H groups in total. The summed E-state index contributed by atoms with van der Waals surface area (Å²) in [6.45, 7) is 0. The van der Waals surface area contributed by atoms with E-state index in [1.807, 2.05) is 12.1 Å². The van der Waals surface area contributed by atoms with Crippen molar-refractivity contribution in [2.45, 2.75) is 11.1 Å². The Labute approximate surface area is 181 Å². The van der Waals surface area contributed by atoms with Gasteiger partial charge in [0.2, 0.25) is 0 Å². The van der Waals surface area contributed by atoms with Crippen molar-refractivity contribution in [3.63, 3.8) is 0 Å². The lowest BCUT2D eigenvalue weighted by atomic mass is 9.81. The topological polar surface area (TPSA) is 54.4 Å². The van der Waals surface area contributed by atoms with Gasteiger partial charge in [-0.05, 0) is 58.7 Å². The third-order valence-electron chi connectivity index (χ3n) is 3.97. The maximum atomic E-state index is 12.0. The number of rotatable bonds is 1. The van der Waals surface area contributed by atoms with Crippen LogP contribution < -0.4 is 0 Å². The standard InChI is InChI=1S/C12H7Cl.C7H5F3O3S.HI/c13-8-5-6-11-9-3-1-2-4-10(9)12(11)7-8;8-7(9,10)5-1-3-6(4-2-5)14(11,12)13;/h1-7H;1-4H,(H,11,12,13);1H. The molecule has 4 rings (SSSR count). The molecule has 0 radical (unpaired) electrons. The summed E-state index contributed by atoms with van der Waals surface area (Å²) in [6, 6.07) is 17.0. The molecule has 0 unspecified atom stereocenters. The van der Waals surface area contributed by atoms with E-state index < -0.39 is 26.8 Å². The lowest BCUT2D eigenvalue weighted by Crippen LogP contribution is -2.05. The normalized spacial score (nSPS) is 11.8. The number of benzene rings is 3. The van der Waals surface area contributed by atoms with E-state index in [2.05, 4.69) is 30.3 Å². The Morgan fingerprint density at radius 1 is 0.786 bits per heavy atom. The Bertz CT molecular complexity index is 1100. The zero-order valence-electron chi connectivity index (χ0n) is 13.9. The summed E-state index contributed by atoms with van der Waals surface area (Å²) in [6.07, 6.45) is -4.52. The van der Waals surface area contributed by atoms with Gasteiger partial charge in [0, 0.05) is 5.02 Å². The van der Waals surface area contributed by atoms with Crippen LogP contribution in [0.25, 0.3) is 22.3 Å². The number of alkyl halides is 3. The van der Waals surface area contributed by atoms with Crippen LogP contribution in [0.4, 0.5) is 13.2 Å². The fraction of sp³-hybridized carbons (Fsp3) is 0.0526. The molecule has 0 amide bonds. The average Bonchev–Trinajstić information content (AvgIpc) is 2.59. The van der Waals surface area contributed by atoms with Crippen molar-refractivity contribution in [1.82, 2.24) is 0 Å². The second-order valence-corrected chi connectivity index (χ2v) is 7.59. The van der Waals surface area contributed by atoms with Crippen molar-refractivity contribution >= 4 is 45.7 Å². The van der Waals surface area contributed by atoms with Crippen LogP contribution in [0.1, 0.15) is 5.56 Å². The number of hydrogen-bond acceptors (Lipinski definition) is 2. The molecule has 3 aromatic carbocycles. The second kappa shape index (κ2) is 8.40. The molecule has 3 aromatic rings. The molecule has 0 spiro atoms. The van der Waals surface area contributed by atoms with Crippen LogP contribution in [-0.4, -0.2) is 13.0 Å². The van der Waals surface area contributed by atoms with Crippen molar-refractivity contribution in [3.05, 3.63) is 77.3 Å². The predicted octanol–water partition coefficient (Wildman–Crippen LogP) is 6.56. The van der Waals surface area contributed by atoms with Gasteiger partial charge >= 0.3 is 6.18 Å². The molecule has 9 heteroatoms. The van der Waals surface area contributed by atoms with Gasteiger partial charge in [-0.15, -0.1) is 24.0 Å². The zero-order chi connectivity index (χ0) is 19.8. The molecule has 148 valence electrons. The van der Waals surface area contributed by atoms with Gasteiger partial charge < -0.3 is 0 Å². The minimum Gasteiger partial charge on any atom is -0.282 e. The first-order chi connectivity index (χ1) is 12.6. The van der Waals surface area contributed by atoms with Crippen molar-refractivity contribution < 1.29 is 26.1 Å². The van der Waals surface area contributed by atoms with Gasteiger partial charge in [-0.1, -0.05) is 41.9 Å². The highest BCUT2D eigenvalue weighted by molar-refractivity contribution is 14.0. The van der Waals surface area contributed by atoms with Crippen LogP contribution in [0.2, 0.25) is 5.02 Å². The average molecular weight is 541 g/mol. The number of halogens is 5. The lowest BCUT2D eigenvalue weighted by molar-refractivity contribution is -0.137. The van der Waals surface area contributed by atoms with E-state index in [-0.39, 0.29) is 24.0 Å². The Morgan fingerprint density at radius 2 is 1.29 bits per heavy atom. The minimum atomic E-state index is -4.52. The summed E-state index contributed by atoms with van der Waals surface area (Å²) >= 11 is 5.92. The van der Waals surface area contributed by atoms with E-state index in [9.17, 15) is 21.6 Å². The van der Waals surface area contributed by atoms with Gasteiger partial charge in [0.15, 0.2) is 0 Å². The van der Waals surface area contributed by atoms with Crippen LogP contribution in [0, 0.1) is 0 Å². The third kappa shape index (κ3) is 4.86. The number of hydrogen-bond donors (Lipinski definition) is 1. The molecule has 1 aliphatic rings. The van der Waals surface area contributed by atoms with Gasteiger partial charge in [0.25, 0.3) is 10.1 Å². The monoisotopic (exact) mass is 540 g/mol. The Balaban J connectivity index is 0.000000193. The molecule has 0 heterocycles. The zero-order valence-corrected chi connectivity index (χ0v) is 17.8. The second-order valence-electron chi connectivity index (χ2n) is 5.73. The largest absolute Gasteiger partial charge is 0.416 e. The molecule has 0 fully saturated rings. The van der Waals surface area contributed by atoms with E-state index in [0.29, 0.717) is 24.3 Å². The van der Waals surface area contributed by atoms with Gasteiger partial charge in [0.05, 0.1) is 10.5 Å². The molecule has 0 saturated heterocycles. The molecule has 0 aliphatic heterocycles. The first-order valence-electron chi connectivity index (χ1n) is 7.61. The molecule has 3 nitrogen and oxygen atoms in total. The van der Waals surface area contributed by atoms with E-state index in [1.165, 1.54) is 22.3 Å². The quantitative estimate of drug-likeness (QED) is 0.220. The molecule has 0 saturated carbocycles. The summed E-state index contributed by atoms with van der Waals surface area (Å²) < 4.78 is 65.4. The van der Waals surface area contributed by atoms with E-state index >= 15 is 0 Å². The molecule has 28 heavy (non-hydrogen) atoms. The molecular weight excluding hydrogens is 528 g/mol. The summed E-state index contributed by atoms with van der Waals surface area (Å²) in [7, 11) is -4.43. The Kier molecular flexibility index (Phi) is 6.80. The van der Waals surface area contributed by atoms with Crippen molar-refractivity contribution in [3.8, 4) is 22.3 Å². The summed E-state index contributed by atoms with van der Waals surface area (Å²) in [5, 5.41) is 0.813. The summed E-state index contributed by atoms with van der Waals surface area (Å²) in [4.78, 5) is -0.564. The first-order valence-corrected chi connectivity index (χ1v) is 9.43. The SMILES string of the molecule is Clc1ccc2c(c1)-c1ccccc1-2.I.O=S(=O)(O)c1ccc(C(F)(F)F)cc1. The minimum absolute atomic E-state index is 0. The van der Waals surface area contributed by atoms with Gasteiger partial charge in [-0.25, -0.2) is 0 Å². The van der Waals surface area contributed by atoms with Crippen LogP contribution in [0.15, 0.2) is 71.6 Å². The summed E-state index contributed by atoms with van der Waals surface area (Å²) in [5.41, 5.74) is 4.29. The maximum absolute atomic E-state index is 12.0. The molecule has 0 bridgehead atoms. The predicted molar refractivity (Wildman–Crippen MR) is 113 cm³/mol. The highest BCUT2D eigenvalue weighted by Gasteiger charge is 2.30. The van der Waals surface area contributed by atoms with Crippen LogP contribution >= 0.6 is 35.6 Å². The van der Waals surface area contributed by atoms with Crippen molar-refractivity contribution in [2.24, 2.45) is 0 Å². The van der Waals surface area contributed by atoms with Crippen molar-refractivity contribution in [1.29, 1.82) is 0 Å².